The van der Waals surface area contributed by atoms with Crippen LogP contribution in [0.15, 0.2) is 18.2 Å². The first-order chi connectivity index (χ1) is 8.83. The number of halogens is 1. The Labute approximate surface area is 106 Å². The van der Waals surface area contributed by atoms with Gasteiger partial charge in [0.05, 0.1) is 13.2 Å². The molecule has 0 bridgehead atoms. The van der Waals surface area contributed by atoms with E-state index in [0.717, 1.165) is 43.7 Å². The smallest absolute Gasteiger partial charge is 0.124 e. The van der Waals surface area contributed by atoms with Gasteiger partial charge in [0, 0.05) is 18.0 Å². The normalized spacial score (nSPS) is 27.6. The Morgan fingerprint density at radius 3 is 3.00 bits per heavy atom. The first-order valence-electron chi connectivity index (χ1n) is 6.60. The summed E-state index contributed by atoms with van der Waals surface area (Å²) in [5, 5.41) is 3.39. The molecular formula is C14H18FNO2. The zero-order valence-electron chi connectivity index (χ0n) is 10.3. The van der Waals surface area contributed by atoms with E-state index in [1.165, 1.54) is 6.07 Å². The Morgan fingerprint density at radius 2 is 2.28 bits per heavy atom. The molecule has 4 heteroatoms. The number of hydrogen-bond acceptors (Lipinski definition) is 3. The Hall–Kier alpha value is -1.13. The fourth-order valence-corrected chi connectivity index (χ4v) is 2.63. The molecule has 0 aromatic heterocycles. The predicted molar refractivity (Wildman–Crippen MR) is 66.2 cm³/mol. The molecule has 2 aliphatic rings. The molecule has 3 nitrogen and oxygen atoms in total. The van der Waals surface area contributed by atoms with E-state index in [9.17, 15) is 4.39 Å². The Balaban J connectivity index is 1.82. The van der Waals surface area contributed by atoms with Crippen molar-refractivity contribution in [2.45, 2.75) is 31.4 Å². The largest absolute Gasteiger partial charge is 0.488 e. The quantitative estimate of drug-likeness (QED) is 0.895. The summed E-state index contributed by atoms with van der Waals surface area (Å²) in [6, 6.07) is 5.01. The van der Waals surface area contributed by atoms with Gasteiger partial charge in [-0.1, -0.05) is 0 Å². The molecule has 2 aliphatic heterocycles. The number of rotatable bonds is 3. The zero-order chi connectivity index (χ0) is 12.4. The molecule has 2 atom stereocenters. The Kier molecular flexibility index (Phi) is 3.48. The molecule has 1 aromatic carbocycles. The highest BCUT2D eigenvalue weighted by Crippen LogP contribution is 2.32. The van der Waals surface area contributed by atoms with Gasteiger partial charge in [-0.2, -0.15) is 0 Å². The maximum absolute atomic E-state index is 13.4. The highest BCUT2D eigenvalue weighted by atomic mass is 19.1. The summed E-state index contributed by atoms with van der Waals surface area (Å²) in [5.41, 5.74) is 0.944. The minimum absolute atomic E-state index is 0.107. The molecule has 1 unspecified atom stereocenters. The number of hydrogen-bond donors (Lipinski definition) is 1. The van der Waals surface area contributed by atoms with Gasteiger partial charge in [0.2, 0.25) is 0 Å². The maximum atomic E-state index is 13.4. The summed E-state index contributed by atoms with van der Waals surface area (Å²) in [5.74, 6) is 0.597. The van der Waals surface area contributed by atoms with E-state index in [1.807, 2.05) is 0 Å². The van der Waals surface area contributed by atoms with Crippen LogP contribution in [-0.2, 0) is 4.74 Å². The Morgan fingerprint density at radius 1 is 1.33 bits per heavy atom. The second-order valence-corrected chi connectivity index (χ2v) is 4.93. The average Bonchev–Trinajstić information content (AvgIpc) is 3.04. The monoisotopic (exact) mass is 251 g/mol. The van der Waals surface area contributed by atoms with E-state index in [-0.39, 0.29) is 18.0 Å². The molecule has 3 rings (SSSR count). The summed E-state index contributed by atoms with van der Waals surface area (Å²) >= 11 is 0. The van der Waals surface area contributed by atoms with Gasteiger partial charge >= 0.3 is 0 Å². The predicted octanol–water partition coefficient (Wildman–Crippen LogP) is 2.42. The van der Waals surface area contributed by atoms with Crippen molar-refractivity contribution >= 4 is 0 Å². The molecule has 2 fully saturated rings. The molecule has 1 N–H and O–H groups in total. The van der Waals surface area contributed by atoms with Crippen LogP contribution in [0.5, 0.6) is 5.75 Å². The van der Waals surface area contributed by atoms with Gasteiger partial charge < -0.3 is 14.8 Å². The highest BCUT2D eigenvalue weighted by molar-refractivity contribution is 5.37. The fourth-order valence-electron chi connectivity index (χ4n) is 2.63. The molecule has 0 amide bonds. The third kappa shape index (κ3) is 2.49. The lowest BCUT2D eigenvalue weighted by Gasteiger charge is -2.19. The molecule has 0 aliphatic carbocycles. The summed E-state index contributed by atoms with van der Waals surface area (Å²) in [6.45, 7) is 2.38. The maximum Gasteiger partial charge on any atom is 0.124 e. The lowest BCUT2D eigenvalue weighted by Crippen LogP contribution is -2.19. The summed E-state index contributed by atoms with van der Waals surface area (Å²) < 4.78 is 24.7. The van der Waals surface area contributed by atoms with Crippen LogP contribution >= 0.6 is 0 Å². The van der Waals surface area contributed by atoms with E-state index < -0.39 is 0 Å². The molecule has 0 saturated carbocycles. The van der Waals surface area contributed by atoms with Gasteiger partial charge in [-0.3, -0.25) is 0 Å². The first-order valence-corrected chi connectivity index (χ1v) is 6.60. The third-order valence-electron chi connectivity index (χ3n) is 3.59. The zero-order valence-corrected chi connectivity index (χ0v) is 10.3. The lowest BCUT2D eigenvalue weighted by atomic mass is 10.0. The fraction of sp³-hybridized carbons (Fsp3) is 0.571. The van der Waals surface area contributed by atoms with Crippen molar-refractivity contribution in [2.75, 3.05) is 19.8 Å². The van der Waals surface area contributed by atoms with Crippen molar-refractivity contribution in [3.63, 3.8) is 0 Å². The minimum atomic E-state index is -0.200. The van der Waals surface area contributed by atoms with E-state index in [0.29, 0.717) is 6.61 Å². The van der Waals surface area contributed by atoms with E-state index in [4.69, 9.17) is 9.47 Å². The van der Waals surface area contributed by atoms with Crippen LogP contribution in [0.4, 0.5) is 4.39 Å². The first kappa shape index (κ1) is 11.9. The Bertz CT molecular complexity index is 412. The molecule has 0 radical (unpaired) electrons. The summed E-state index contributed by atoms with van der Waals surface area (Å²) in [7, 11) is 0. The highest BCUT2D eigenvalue weighted by Gasteiger charge is 2.23. The van der Waals surface area contributed by atoms with Crippen LogP contribution in [0.25, 0.3) is 0 Å². The average molecular weight is 251 g/mol. The third-order valence-corrected chi connectivity index (χ3v) is 3.59. The van der Waals surface area contributed by atoms with Crippen LogP contribution in [0.2, 0.25) is 0 Å². The second kappa shape index (κ2) is 5.24. The van der Waals surface area contributed by atoms with Gasteiger partial charge in [0.15, 0.2) is 0 Å². The number of benzene rings is 1. The van der Waals surface area contributed by atoms with Crippen molar-refractivity contribution in [2.24, 2.45) is 0 Å². The lowest BCUT2D eigenvalue weighted by molar-refractivity contribution is 0.140. The van der Waals surface area contributed by atoms with Crippen LogP contribution in [0.3, 0.4) is 0 Å². The van der Waals surface area contributed by atoms with E-state index in [1.54, 1.807) is 12.1 Å². The second-order valence-electron chi connectivity index (χ2n) is 4.93. The van der Waals surface area contributed by atoms with Crippen molar-refractivity contribution in [3.05, 3.63) is 29.6 Å². The van der Waals surface area contributed by atoms with E-state index >= 15 is 0 Å². The SMILES string of the molecule is Fc1ccc(O[C@@H]2CCOC2)c(C2CCCN2)c1. The van der Waals surface area contributed by atoms with Gasteiger partial charge in [0.25, 0.3) is 0 Å². The van der Waals surface area contributed by atoms with Crippen LogP contribution in [0.1, 0.15) is 30.9 Å². The molecular weight excluding hydrogens is 233 g/mol. The van der Waals surface area contributed by atoms with Crippen LogP contribution in [0, 0.1) is 5.82 Å². The summed E-state index contributed by atoms with van der Waals surface area (Å²) in [4.78, 5) is 0. The number of ether oxygens (including phenoxy) is 2. The van der Waals surface area contributed by atoms with Crippen LogP contribution in [-0.4, -0.2) is 25.9 Å². The summed E-state index contributed by atoms with van der Waals surface area (Å²) in [6.07, 6.45) is 3.19. The molecule has 2 heterocycles. The van der Waals surface area contributed by atoms with Gasteiger partial charge in [-0.15, -0.1) is 0 Å². The van der Waals surface area contributed by atoms with Crippen LogP contribution < -0.4 is 10.1 Å². The molecule has 0 spiro atoms. The minimum Gasteiger partial charge on any atom is -0.488 e. The van der Waals surface area contributed by atoms with Crippen molar-refractivity contribution in [3.8, 4) is 5.75 Å². The molecule has 2 saturated heterocycles. The molecule has 18 heavy (non-hydrogen) atoms. The van der Waals surface area contributed by atoms with Gasteiger partial charge in [0.1, 0.15) is 17.7 Å². The topological polar surface area (TPSA) is 30.5 Å². The molecule has 1 aromatic rings. The molecule has 98 valence electrons. The van der Waals surface area contributed by atoms with Gasteiger partial charge in [-0.05, 0) is 37.6 Å². The van der Waals surface area contributed by atoms with Crippen molar-refractivity contribution in [1.82, 2.24) is 5.32 Å². The number of nitrogens with one attached hydrogen (secondary N) is 1. The van der Waals surface area contributed by atoms with Gasteiger partial charge in [-0.25, -0.2) is 4.39 Å². The van der Waals surface area contributed by atoms with Crippen molar-refractivity contribution in [1.29, 1.82) is 0 Å². The standard InChI is InChI=1S/C14H18FNO2/c15-10-3-4-14(18-11-5-7-17-9-11)12(8-10)13-2-1-6-16-13/h3-4,8,11,13,16H,1-2,5-7,9H2/t11-,13?/m1/s1. The van der Waals surface area contributed by atoms with E-state index in [2.05, 4.69) is 5.32 Å². The van der Waals surface area contributed by atoms with Crippen molar-refractivity contribution < 1.29 is 13.9 Å².